The first-order valence-corrected chi connectivity index (χ1v) is 15.4. The Morgan fingerprint density at radius 2 is 1.11 bits per heavy atom. The standard InChI is InChI=1S/C35H29N5O4/c1-36-40-34(43)21-11-9-19-28-24(38-12-4-2-5-13-38)16-22-26-20(32(41)37-33(22)42)10-8-18(30(26)28)29-25(39-14-6-3-7-15-39)17-23(35(40)44)27(21)31(19)29/h8-11,16-17H,1-7,12-15H2,(H,37,41,42)/p-1. The van der Waals surface area contributed by atoms with Gasteiger partial charge in [-0.3, -0.25) is 14.4 Å². The quantitative estimate of drug-likeness (QED) is 0.125. The molecule has 2 saturated heterocycles. The molecule has 0 saturated carbocycles. The zero-order valence-electron chi connectivity index (χ0n) is 24.1. The van der Waals surface area contributed by atoms with Gasteiger partial charge in [-0.25, -0.2) is 4.99 Å². The van der Waals surface area contributed by atoms with E-state index in [4.69, 9.17) is 0 Å². The topological polar surface area (TPSA) is 109 Å². The van der Waals surface area contributed by atoms with E-state index in [0.717, 1.165) is 113 Å². The van der Waals surface area contributed by atoms with Crippen molar-refractivity contribution in [2.75, 3.05) is 36.0 Å². The Labute approximate surface area is 252 Å². The van der Waals surface area contributed by atoms with Crippen molar-refractivity contribution in [2.24, 2.45) is 10.1 Å². The van der Waals surface area contributed by atoms with E-state index in [0.29, 0.717) is 33.0 Å². The van der Waals surface area contributed by atoms with E-state index in [1.165, 1.54) is 0 Å². The molecular formula is C35H28N5O4-. The van der Waals surface area contributed by atoms with Gasteiger partial charge in [0, 0.05) is 76.6 Å². The lowest BCUT2D eigenvalue weighted by Crippen LogP contribution is -2.37. The molecule has 218 valence electrons. The van der Waals surface area contributed by atoms with E-state index in [9.17, 15) is 19.5 Å². The van der Waals surface area contributed by atoms with E-state index < -0.39 is 23.6 Å². The molecule has 5 aromatic rings. The van der Waals surface area contributed by atoms with Gasteiger partial charge in [-0.15, -0.1) is 0 Å². The van der Waals surface area contributed by atoms with Crippen LogP contribution < -0.4 is 14.9 Å². The minimum absolute atomic E-state index is 0.412. The zero-order chi connectivity index (χ0) is 29.9. The molecule has 0 atom stereocenters. The second-order valence-electron chi connectivity index (χ2n) is 12.3. The molecule has 0 spiro atoms. The maximum atomic E-state index is 13.8. The number of imide groups is 1. The van der Waals surface area contributed by atoms with Crippen molar-refractivity contribution in [3.05, 3.63) is 58.7 Å². The Bertz CT molecular complexity index is 2190. The van der Waals surface area contributed by atoms with Crippen LogP contribution in [0.15, 0.2) is 46.5 Å². The summed E-state index contributed by atoms with van der Waals surface area (Å²) >= 11 is 0. The Hall–Kier alpha value is -5.05. The van der Waals surface area contributed by atoms with Crippen molar-refractivity contribution in [3.63, 3.8) is 0 Å². The van der Waals surface area contributed by atoms with E-state index in [-0.39, 0.29) is 0 Å². The number of hydrogen-bond donors (Lipinski definition) is 0. The molecule has 9 rings (SSSR count). The highest BCUT2D eigenvalue weighted by molar-refractivity contribution is 6.44. The van der Waals surface area contributed by atoms with Gasteiger partial charge in [-0.2, -0.15) is 10.1 Å². The first kappa shape index (κ1) is 25.4. The number of aliphatic imine (C=N–C) groups is 1. The van der Waals surface area contributed by atoms with E-state index in [2.05, 4.69) is 26.6 Å². The first-order valence-electron chi connectivity index (χ1n) is 15.4. The molecule has 0 N–H and O–H groups in total. The number of carbonyl (C=O) groups excluding carboxylic acids is 3. The van der Waals surface area contributed by atoms with Crippen LogP contribution in [0.5, 0.6) is 0 Å². The molecule has 3 amide bonds. The number of rotatable bonds is 3. The summed E-state index contributed by atoms with van der Waals surface area (Å²) in [4.78, 5) is 49.1. The predicted molar refractivity (Wildman–Crippen MR) is 171 cm³/mol. The summed E-state index contributed by atoms with van der Waals surface area (Å²) < 4.78 is 0. The van der Waals surface area contributed by atoms with Gasteiger partial charge in [-0.1, -0.05) is 12.1 Å². The van der Waals surface area contributed by atoms with Crippen LogP contribution in [0, 0.1) is 0 Å². The number of amides is 3. The van der Waals surface area contributed by atoms with Gasteiger partial charge in [0.15, 0.2) is 0 Å². The smallest absolute Gasteiger partial charge is 0.282 e. The van der Waals surface area contributed by atoms with Crippen LogP contribution in [0.4, 0.5) is 11.4 Å². The molecule has 0 radical (unpaired) electrons. The molecule has 0 unspecified atom stereocenters. The van der Waals surface area contributed by atoms with Crippen molar-refractivity contribution < 1.29 is 19.5 Å². The van der Waals surface area contributed by atoms with Gasteiger partial charge in [0.05, 0.1) is 16.7 Å². The Morgan fingerprint density at radius 3 is 1.68 bits per heavy atom. The van der Waals surface area contributed by atoms with Gasteiger partial charge < -0.3 is 14.9 Å². The number of piperidine rings is 2. The van der Waals surface area contributed by atoms with Crippen LogP contribution in [-0.4, -0.2) is 61.5 Å². The SMILES string of the molecule is C=NN1C(=O)c2ccc3c4c(N5CCCCC5)cc5c6c(ccc(c7c(N8CCCCC8)cc(c2c37)C1=O)c64)C(=O)N=C5[O-]. The number of hydrazone groups is 1. The van der Waals surface area contributed by atoms with Crippen molar-refractivity contribution in [2.45, 2.75) is 38.5 Å². The molecule has 4 aliphatic heterocycles. The summed E-state index contributed by atoms with van der Waals surface area (Å²) in [6.45, 7) is 6.89. The summed E-state index contributed by atoms with van der Waals surface area (Å²) in [5.74, 6) is -2.01. The highest BCUT2D eigenvalue weighted by atomic mass is 16.3. The molecule has 4 heterocycles. The lowest BCUT2D eigenvalue weighted by Gasteiger charge is -2.35. The maximum absolute atomic E-state index is 13.8. The molecule has 0 aromatic heterocycles. The number of nitrogens with zero attached hydrogens (tertiary/aromatic N) is 5. The third-order valence-corrected chi connectivity index (χ3v) is 10.1. The first-order chi connectivity index (χ1) is 21.5. The third-order valence-electron chi connectivity index (χ3n) is 10.1. The number of benzene rings is 5. The fraction of sp³-hybridized carbons (Fsp3) is 0.286. The molecule has 44 heavy (non-hydrogen) atoms. The fourth-order valence-corrected chi connectivity index (χ4v) is 8.19. The monoisotopic (exact) mass is 582 g/mol. The van der Waals surface area contributed by atoms with Gasteiger partial charge >= 0.3 is 0 Å². The fourth-order valence-electron chi connectivity index (χ4n) is 8.19. The van der Waals surface area contributed by atoms with Crippen LogP contribution in [0.25, 0.3) is 43.1 Å². The van der Waals surface area contributed by atoms with E-state index >= 15 is 0 Å². The molecule has 9 heteroatoms. The second-order valence-corrected chi connectivity index (χ2v) is 12.3. The molecule has 0 bridgehead atoms. The Kier molecular flexibility index (Phi) is 5.20. The Morgan fingerprint density at radius 1 is 0.614 bits per heavy atom. The number of anilines is 2. The summed E-state index contributed by atoms with van der Waals surface area (Å²) in [6, 6.07) is 11.3. The molecule has 5 aromatic carbocycles. The van der Waals surface area contributed by atoms with Crippen LogP contribution in [-0.2, 0) is 0 Å². The van der Waals surface area contributed by atoms with Gasteiger partial charge in [0.1, 0.15) is 0 Å². The molecular weight excluding hydrogens is 554 g/mol. The van der Waals surface area contributed by atoms with E-state index in [1.807, 2.05) is 24.3 Å². The summed E-state index contributed by atoms with van der Waals surface area (Å²) in [5.41, 5.74) is 3.57. The summed E-state index contributed by atoms with van der Waals surface area (Å²) in [7, 11) is 0. The van der Waals surface area contributed by atoms with Crippen LogP contribution in [0.1, 0.15) is 75.2 Å². The van der Waals surface area contributed by atoms with Crippen molar-refractivity contribution in [1.29, 1.82) is 0 Å². The third kappa shape index (κ3) is 3.16. The van der Waals surface area contributed by atoms with Crippen molar-refractivity contribution >= 4 is 84.8 Å². The van der Waals surface area contributed by atoms with E-state index in [1.54, 1.807) is 12.1 Å². The number of fused-ring (bicyclic) bond motifs is 2. The zero-order valence-corrected chi connectivity index (χ0v) is 24.1. The van der Waals surface area contributed by atoms with Crippen LogP contribution in [0.3, 0.4) is 0 Å². The molecule has 0 aliphatic carbocycles. The van der Waals surface area contributed by atoms with Gasteiger partial charge in [0.25, 0.3) is 17.7 Å². The average Bonchev–Trinajstić information content (AvgIpc) is 3.06. The second kappa shape index (κ2) is 8.98. The van der Waals surface area contributed by atoms with Crippen LogP contribution in [0.2, 0.25) is 0 Å². The van der Waals surface area contributed by atoms with Crippen LogP contribution >= 0.6 is 0 Å². The lowest BCUT2D eigenvalue weighted by molar-refractivity contribution is -0.212. The highest BCUT2D eigenvalue weighted by Crippen LogP contribution is 2.52. The Balaban J connectivity index is 1.54. The molecule has 9 nitrogen and oxygen atoms in total. The lowest BCUT2D eigenvalue weighted by atomic mass is 9.81. The van der Waals surface area contributed by atoms with Crippen molar-refractivity contribution in [3.8, 4) is 0 Å². The largest absolute Gasteiger partial charge is 0.858 e. The molecule has 2 fully saturated rings. The maximum Gasteiger partial charge on any atom is 0.282 e. The summed E-state index contributed by atoms with van der Waals surface area (Å²) in [5, 5.41) is 24.7. The van der Waals surface area contributed by atoms with Gasteiger partial charge in [-0.05, 0) is 85.0 Å². The molecule has 4 aliphatic rings. The summed E-state index contributed by atoms with van der Waals surface area (Å²) in [6.07, 6.45) is 6.43. The minimum atomic E-state index is -0.522. The van der Waals surface area contributed by atoms with Gasteiger partial charge in [0.2, 0.25) is 0 Å². The predicted octanol–water partition coefficient (Wildman–Crippen LogP) is 5.19. The normalized spacial score (nSPS) is 18.8. The highest BCUT2D eigenvalue weighted by Gasteiger charge is 2.37. The number of hydrogen-bond acceptors (Lipinski definition) is 7. The minimum Gasteiger partial charge on any atom is -0.858 e. The number of carbonyl (C=O) groups is 3. The van der Waals surface area contributed by atoms with Crippen molar-refractivity contribution in [1.82, 2.24) is 5.01 Å². The average molecular weight is 583 g/mol.